The maximum Gasteiger partial charge on any atom is 0.144 e. The van der Waals surface area contributed by atoms with Crippen LogP contribution in [0.4, 0.5) is 11.4 Å². The summed E-state index contributed by atoms with van der Waals surface area (Å²) < 4.78 is 5.58. The van der Waals surface area contributed by atoms with Crippen LogP contribution in [0, 0.1) is 0 Å². The molecule has 2 aliphatic rings. The number of nitrogens with one attached hydrogen (secondary N) is 1. The zero-order valence-corrected chi connectivity index (χ0v) is 8.42. The first-order chi connectivity index (χ1) is 6.90. The molecule has 0 saturated carbocycles. The molecule has 1 aromatic carbocycles. The summed E-state index contributed by atoms with van der Waals surface area (Å²) in [5.74, 6) is 1.56. The molecule has 1 aromatic rings. The number of alkyl halides is 1. The van der Waals surface area contributed by atoms with E-state index in [1.165, 1.54) is 5.69 Å². The first-order valence-electron chi connectivity index (χ1n) is 4.75. The molecule has 0 fully saturated rings. The van der Waals surface area contributed by atoms with Crippen molar-refractivity contribution in [1.82, 2.24) is 0 Å². The molecule has 2 aliphatic heterocycles. The van der Waals surface area contributed by atoms with Gasteiger partial charge in [0, 0.05) is 0 Å². The molecule has 0 aromatic heterocycles. The molecule has 0 radical (unpaired) electrons. The van der Waals surface area contributed by atoms with E-state index in [-0.39, 0.29) is 6.17 Å². The van der Waals surface area contributed by atoms with Crippen LogP contribution >= 0.6 is 11.6 Å². The van der Waals surface area contributed by atoms with Crippen LogP contribution in [0.5, 0.6) is 5.75 Å². The topological polar surface area (TPSA) is 24.5 Å². The molecule has 1 atom stereocenters. The van der Waals surface area contributed by atoms with E-state index >= 15 is 0 Å². The van der Waals surface area contributed by atoms with Gasteiger partial charge in [0.2, 0.25) is 0 Å². The number of hydrogen-bond donors (Lipinski definition) is 1. The first kappa shape index (κ1) is 8.24. The lowest BCUT2D eigenvalue weighted by atomic mass is 10.2. The van der Waals surface area contributed by atoms with Crippen molar-refractivity contribution in [2.24, 2.45) is 0 Å². The van der Waals surface area contributed by atoms with Crippen LogP contribution in [0.15, 0.2) is 18.2 Å². The zero-order valence-electron chi connectivity index (χ0n) is 7.66. The van der Waals surface area contributed by atoms with Crippen LogP contribution in [-0.2, 0) is 0 Å². The van der Waals surface area contributed by atoms with Gasteiger partial charge in [0.15, 0.2) is 0 Å². The minimum atomic E-state index is 0.219. The van der Waals surface area contributed by atoms with Gasteiger partial charge in [0.1, 0.15) is 24.2 Å². The second kappa shape index (κ2) is 2.95. The lowest BCUT2D eigenvalue weighted by Crippen LogP contribution is -2.41. The molecule has 0 spiro atoms. The number of rotatable bonds is 1. The molecule has 74 valence electrons. The number of ether oxygens (including phenoxy) is 1. The first-order valence-corrected chi connectivity index (χ1v) is 5.28. The molecular formula is C10H11ClN2O. The number of hydrogen-bond acceptors (Lipinski definition) is 3. The molecule has 0 bridgehead atoms. The maximum atomic E-state index is 5.90. The van der Waals surface area contributed by atoms with Gasteiger partial charge in [-0.05, 0) is 12.1 Å². The van der Waals surface area contributed by atoms with E-state index in [1.807, 2.05) is 12.1 Å². The molecule has 1 N–H and O–H groups in total. The Morgan fingerprint density at radius 2 is 2.50 bits per heavy atom. The van der Waals surface area contributed by atoms with Crippen molar-refractivity contribution in [3.05, 3.63) is 18.2 Å². The van der Waals surface area contributed by atoms with Crippen molar-refractivity contribution in [3.63, 3.8) is 0 Å². The van der Waals surface area contributed by atoms with Crippen molar-refractivity contribution in [3.8, 4) is 5.75 Å². The van der Waals surface area contributed by atoms with E-state index in [2.05, 4.69) is 16.3 Å². The highest BCUT2D eigenvalue weighted by atomic mass is 35.5. The molecule has 0 amide bonds. The van der Waals surface area contributed by atoms with E-state index in [0.29, 0.717) is 5.88 Å². The Labute approximate surface area is 87.6 Å². The van der Waals surface area contributed by atoms with Gasteiger partial charge in [0.25, 0.3) is 0 Å². The summed E-state index contributed by atoms with van der Waals surface area (Å²) in [6, 6.07) is 6.07. The van der Waals surface area contributed by atoms with Crippen LogP contribution in [0.25, 0.3) is 0 Å². The third kappa shape index (κ3) is 0.989. The Morgan fingerprint density at radius 3 is 3.36 bits per heavy atom. The van der Waals surface area contributed by atoms with Crippen LogP contribution < -0.4 is 15.0 Å². The van der Waals surface area contributed by atoms with Gasteiger partial charge in [-0.2, -0.15) is 0 Å². The lowest BCUT2D eigenvalue weighted by Gasteiger charge is -2.30. The quantitative estimate of drug-likeness (QED) is 0.717. The number of halogens is 1. The second-order valence-electron chi connectivity index (χ2n) is 3.51. The van der Waals surface area contributed by atoms with Crippen molar-refractivity contribution < 1.29 is 4.74 Å². The summed E-state index contributed by atoms with van der Waals surface area (Å²) in [5, 5.41) is 3.38. The van der Waals surface area contributed by atoms with Crippen LogP contribution in [0.2, 0.25) is 0 Å². The summed E-state index contributed by atoms with van der Waals surface area (Å²) in [4.78, 5) is 2.28. The van der Waals surface area contributed by atoms with Crippen molar-refractivity contribution in [2.75, 3.05) is 29.2 Å². The minimum absolute atomic E-state index is 0.219. The molecular weight excluding hydrogens is 200 g/mol. The number of anilines is 2. The van der Waals surface area contributed by atoms with Crippen molar-refractivity contribution >= 4 is 23.0 Å². The van der Waals surface area contributed by atoms with Crippen LogP contribution in [-0.4, -0.2) is 25.2 Å². The highest BCUT2D eigenvalue weighted by molar-refractivity contribution is 6.18. The Kier molecular flexibility index (Phi) is 1.74. The van der Waals surface area contributed by atoms with E-state index in [9.17, 15) is 0 Å². The minimum Gasteiger partial charge on any atom is -0.489 e. The van der Waals surface area contributed by atoms with Gasteiger partial charge >= 0.3 is 0 Å². The normalized spacial score (nSPS) is 22.6. The molecule has 1 unspecified atom stereocenters. The highest BCUT2D eigenvalue weighted by Crippen LogP contribution is 2.43. The number of benzene rings is 1. The Balaban J connectivity index is 2.11. The zero-order chi connectivity index (χ0) is 9.54. The Morgan fingerprint density at radius 1 is 1.57 bits per heavy atom. The van der Waals surface area contributed by atoms with E-state index in [0.717, 1.165) is 24.6 Å². The van der Waals surface area contributed by atoms with Gasteiger partial charge in [-0.25, -0.2) is 0 Å². The second-order valence-corrected chi connectivity index (χ2v) is 3.82. The standard InChI is InChI=1S/C10H11ClN2O/c11-6-9-12-7-2-1-3-8-10(7)13(9)4-5-14-8/h1-3,9,12H,4-6H2. The van der Waals surface area contributed by atoms with E-state index in [1.54, 1.807) is 0 Å². The van der Waals surface area contributed by atoms with Gasteiger partial charge < -0.3 is 15.0 Å². The summed E-state index contributed by atoms with van der Waals surface area (Å²) in [5.41, 5.74) is 2.30. The maximum absolute atomic E-state index is 5.90. The molecule has 2 heterocycles. The highest BCUT2D eigenvalue weighted by Gasteiger charge is 2.32. The lowest BCUT2D eigenvalue weighted by molar-refractivity contribution is 0.307. The smallest absolute Gasteiger partial charge is 0.144 e. The van der Waals surface area contributed by atoms with Crippen LogP contribution in [0.3, 0.4) is 0 Å². The number of nitrogens with zero attached hydrogens (tertiary/aromatic N) is 1. The predicted octanol–water partition coefficient (Wildman–Crippen LogP) is 1.88. The summed E-state index contributed by atoms with van der Waals surface area (Å²) in [6.07, 6.45) is 0.219. The SMILES string of the molecule is ClCC1Nc2cccc3c2N1CCO3. The third-order valence-electron chi connectivity index (χ3n) is 2.72. The third-order valence-corrected chi connectivity index (χ3v) is 3.01. The van der Waals surface area contributed by atoms with Crippen molar-refractivity contribution in [2.45, 2.75) is 6.17 Å². The molecule has 0 saturated heterocycles. The van der Waals surface area contributed by atoms with Gasteiger partial charge in [-0.1, -0.05) is 6.07 Å². The molecule has 3 rings (SSSR count). The summed E-state index contributed by atoms with van der Waals surface area (Å²) >= 11 is 5.90. The fraction of sp³-hybridized carbons (Fsp3) is 0.400. The molecule has 4 heteroatoms. The van der Waals surface area contributed by atoms with Gasteiger partial charge in [-0.3, -0.25) is 0 Å². The Hall–Kier alpha value is -1.09. The predicted molar refractivity (Wildman–Crippen MR) is 57.4 cm³/mol. The van der Waals surface area contributed by atoms with Crippen LogP contribution in [0.1, 0.15) is 0 Å². The molecule has 3 nitrogen and oxygen atoms in total. The van der Waals surface area contributed by atoms with Crippen molar-refractivity contribution in [1.29, 1.82) is 0 Å². The Bertz CT molecular complexity index is 369. The largest absolute Gasteiger partial charge is 0.489 e. The molecule has 14 heavy (non-hydrogen) atoms. The average molecular weight is 211 g/mol. The number of para-hydroxylation sites is 1. The van der Waals surface area contributed by atoms with E-state index in [4.69, 9.17) is 16.3 Å². The summed E-state index contributed by atoms with van der Waals surface area (Å²) in [6.45, 7) is 1.65. The molecule has 0 aliphatic carbocycles. The fourth-order valence-electron chi connectivity index (χ4n) is 2.11. The fourth-order valence-corrected chi connectivity index (χ4v) is 2.35. The average Bonchev–Trinajstić information content (AvgIpc) is 2.60. The van der Waals surface area contributed by atoms with Gasteiger partial charge in [-0.15, -0.1) is 11.6 Å². The van der Waals surface area contributed by atoms with E-state index < -0.39 is 0 Å². The van der Waals surface area contributed by atoms with Gasteiger partial charge in [0.05, 0.1) is 18.1 Å². The monoisotopic (exact) mass is 210 g/mol. The summed E-state index contributed by atoms with van der Waals surface area (Å²) in [7, 11) is 0.